The molecule has 0 saturated carbocycles. The molecule has 1 heterocycles. The summed E-state index contributed by atoms with van der Waals surface area (Å²) in [7, 11) is 0. The molecule has 1 aromatic rings. The van der Waals surface area contributed by atoms with Gasteiger partial charge in [-0.3, -0.25) is 4.79 Å². The number of rotatable bonds is 2. The van der Waals surface area contributed by atoms with E-state index in [1.165, 1.54) is 6.20 Å². The van der Waals surface area contributed by atoms with E-state index in [9.17, 15) is 4.79 Å². The van der Waals surface area contributed by atoms with Crippen molar-refractivity contribution >= 4 is 39.3 Å². The third-order valence-corrected chi connectivity index (χ3v) is 1.85. The molecule has 3 nitrogen and oxygen atoms in total. The van der Waals surface area contributed by atoms with Crippen LogP contribution in [0.3, 0.4) is 0 Å². The summed E-state index contributed by atoms with van der Waals surface area (Å²) in [6, 6.07) is 3.31. The van der Waals surface area contributed by atoms with Crippen molar-refractivity contribution in [2.45, 2.75) is 27.7 Å². The van der Waals surface area contributed by atoms with Crippen LogP contribution < -0.4 is 5.32 Å². The van der Waals surface area contributed by atoms with Gasteiger partial charge in [-0.25, -0.2) is 4.98 Å². The summed E-state index contributed by atoms with van der Waals surface area (Å²) in [5, 5.41) is 3.37. The number of nitrogens with zero attached hydrogens (tertiary/aromatic N) is 1. The van der Waals surface area contributed by atoms with Crippen molar-refractivity contribution in [2.75, 3.05) is 10.6 Å². The smallest absolute Gasteiger partial charge is 0.236 e. The molecule has 0 aliphatic rings. The number of hydrogen-bond donors (Lipinski definition) is 1. The molecular weight excluding hydrogens is 291 g/mol. The topological polar surface area (TPSA) is 42.0 Å². The van der Waals surface area contributed by atoms with Crippen LogP contribution in [0.1, 0.15) is 27.7 Å². The van der Waals surface area contributed by atoms with Crippen LogP contribution in [0.15, 0.2) is 18.3 Å². The fourth-order valence-electron chi connectivity index (χ4n) is 0.626. The van der Waals surface area contributed by atoms with E-state index in [4.69, 9.17) is 11.6 Å². The Hall–Kier alpha value is -0.610. The number of aromatic nitrogens is 1. The summed E-state index contributed by atoms with van der Waals surface area (Å²) in [6.07, 6.45) is 1.48. The van der Waals surface area contributed by atoms with Gasteiger partial charge in [-0.05, 0) is 12.1 Å². The molecule has 92 valence electrons. The molecule has 1 amide bonds. The monoisotopic (exact) mass is 308 g/mol. The van der Waals surface area contributed by atoms with Crippen LogP contribution in [-0.2, 0) is 4.79 Å². The highest BCUT2D eigenvalue weighted by Gasteiger charge is 1.99. The molecule has 16 heavy (non-hydrogen) atoms. The van der Waals surface area contributed by atoms with Crippen LogP contribution >= 0.6 is 27.5 Å². The maximum absolute atomic E-state index is 10.8. The van der Waals surface area contributed by atoms with E-state index >= 15 is 0 Å². The Bertz CT molecular complexity index is 278. The fraction of sp³-hybridized carbons (Fsp3) is 0.455. The van der Waals surface area contributed by atoms with Gasteiger partial charge in [0.2, 0.25) is 5.91 Å². The lowest BCUT2D eigenvalue weighted by Gasteiger charge is -2.00. The van der Waals surface area contributed by atoms with Gasteiger partial charge in [-0.15, -0.1) is 0 Å². The van der Waals surface area contributed by atoms with Gasteiger partial charge in [0.05, 0.1) is 10.4 Å². The summed E-state index contributed by atoms with van der Waals surface area (Å²) < 4.78 is 0. The zero-order valence-corrected chi connectivity index (χ0v) is 12.4. The van der Waals surface area contributed by atoms with Crippen molar-refractivity contribution in [3.05, 3.63) is 23.4 Å². The number of halogens is 2. The first kappa shape index (κ1) is 17.8. The first-order valence-electron chi connectivity index (χ1n) is 5.20. The minimum atomic E-state index is -0.134. The Morgan fingerprint density at radius 2 is 1.94 bits per heavy atom. The molecule has 0 aliphatic heterocycles. The van der Waals surface area contributed by atoms with Crippen molar-refractivity contribution in [3.8, 4) is 0 Å². The quantitative estimate of drug-likeness (QED) is 0.835. The Balaban J connectivity index is 0. The van der Waals surface area contributed by atoms with Crippen molar-refractivity contribution in [1.82, 2.24) is 4.98 Å². The Morgan fingerprint density at radius 1 is 1.38 bits per heavy atom. The molecular formula is C11H18BrClN2O. The standard InChI is InChI=1S/C7H6BrClN2O.2C2H6/c8-3-7(12)11-6-2-1-5(9)4-10-6;2*1-2/h1-2,4H,3H2,(H,10,11,12);2*1-2H3. The van der Waals surface area contributed by atoms with Gasteiger partial charge < -0.3 is 5.32 Å². The molecule has 0 atom stereocenters. The van der Waals surface area contributed by atoms with E-state index in [1.807, 2.05) is 27.7 Å². The number of alkyl halides is 1. The number of pyridine rings is 1. The summed E-state index contributed by atoms with van der Waals surface area (Å²) >= 11 is 8.62. The Kier molecular flexibility index (Phi) is 13.8. The molecule has 0 spiro atoms. The molecule has 0 fully saturated rings. The van der Waals surface area contributed by atoms with E-state index in [2.05, 4.69) is 26.2 Å². The van der Waals surface area contributed by atoms with Gasteiger partial charge in [-0.1, -0.05) is 55.2 Å². The molecule has 5 heteroatoms. The van der Waals surface area contributed by atoms with Crippen molar-refractivity contribution < 1.29 is 4.79 Å². The third kappa shape index (κ3) is 8.68. The van der Waals surface area contributed by atoms with Crippen LogP contribution in [0.2, 0.25) is 5.02 Å². The van der Waals surface area contributed by atoms with Crippen LogP contribution in [0.4, 0.5) is 5.82 Å². The minimum absolute atomic E-state index is 0.134. The molecule has 0 unspecified atom stereocenters. The maximum Gasteiger partial charge on any atom is 0.236 e. The van der Waals surface area contributed by atoms with Crippen molar-refractivity contribution in [2.24, 2.45) is 0 Å². The van der Waals surface area contributed by atoms with Gasteiger partial charge in [0.1, 0.15) is 5.82 Å². The predicted molar refractivity (Wildman–Crippen MR) is 74.4 cm³/mol. The zero-order chi connectivity index (χ0) is 13.0. The minimum Gasteiger partial charge on any atom is -0.310 e. The SMILES string of the molecule is CC.CC.O=C(CBr)Nc1ccc(Cl)cn1. The second kappa shape index (κ2) is 12.5. The number of hydrogen-bond acceptors (Lipinski definition) is 2. The average molecular weight is 310 g/mol. The van der Waals surface area contributed by atoms with E-state index < -0.39 is 0 Å². The number of amides is 1. The van der Waals surface area contributed by atoms with Gasteiger partial charge >= 0.3 is 0 Å². The first-order chi connectivity index (χ1) is 7.72. The van der Waals surface area contributed by atoms with Gasteiger partial charge in [-0.2, -0.15) is 0 Å². The molecule has 0 aromatic carbocycles. The first-order valence-corrected chi connectivity index (χ1v) is 6.69. The highest BCUT2D eigenvalue weighted by Crippen LogP contribution is 2.09. The lowest BCUT2D eigenvalue weighted by molar-refractivity contribution is -0.113. The highest BCUT2D eigenvalue weighted by atomic mass is 79.9. The van der Waals surface area contributed by atoms with E-state index in [0.717, 1.165) is 0 Å². The number of carbonyl (C=O) groups excluding carboxylic acids is 1. The fourth-order valence-corrected chi connectivity index (χ4v) is 0.878. The van der Waals surface area contributed by atoms with Crippen molar-refractivity contribution in [3.63, 3.8) is 0 Å². The molecule has 0 saturated heterocycles. The van der Waals surface area contributed by atoms with Gasteiger partial charge in [0.25, 0.3) is 0 Å². The lowest BCUT2D eigenvalue weighted by Crippen LogP contribution is -2.13. The van der Waals surface area contributed by atoms with Gasteiger partial charge in [0, 0.05) is 6.20 Å². The third-order valence-electron chi connectivity index (χ3n) is 1.12. The number of anilines is 1. The van der Waals surface area contributed by atoms with Crippen LogP contribution in [-0.4, -0.2) is 16.2 Å². The molecule has 1 rings (SSSR count). The molecule has 1 N–H and O–H groups in total. The zero-order valence-electron chi connectivity index (χ0n) is 10.1. The Morgan fingerprint density at radius 3 is 2.31 bits per heavy atom. The molecule has 0 bridgehead atoms. The average Bonchev–Trinajstić information content (AvgIpc) is 2.37. The summed E-state index contributed by atoms with van der Waals surface area (Å²) in [4.78, 5) is 14.7. The van der Waals surface area contributed by atoms with Crippen LogP contribution in [0, 0.1) is 0 Å². The molecule has 0 aliphatic carbocycles. The number of nitrogens with one attached hydrogen (secondary N) is 1. The summed E-state index contributed by atoms with van der Waals surface area (Å²) in [5.74, 6) is 0.369. The highest BCUT2D eigenvalue weighted by molar-refractivity contribution is 9.09. The largest absolute Gasteiger partial charge is 0.310 e. The molecule has 1 aromatic heterocycles. The van der Waals surface area contributed by atoms with Crippen molar-refractivity contribution in [1.29, 1.82) is 0 Å². The molecule has 0 radical (unpaired) electrons. The second-order valence-electron chi connectivity index (χ2n) is 2.04. The van der Waals surface area contributed by atoms with Crippen LogP contribution in [0.5, 0.6) is 0 Å². The normalized spacial score (nSPS) is 7.88. The van der Waals surface area contributed by atoms with E-state index in [1.54, 1.807) is 12.1 Å². The second-order valence-corrected chi connectivity index (χ2v) is 3.04. The van der Waals surface area contributed by atoms with Gasteiger partial charge in [0.15, 0.2) is 0 Å². The van der Waals surface area contributed by atoms with E-state index in [-0.39, 0.29) is 11.2 Å². The summed E-state index contributed by atoms with van der Waals surface area (Å²) in [5.41, 5.74) is 0. The predicted octanol–water partition coefficient (Wildman–Crippen LogP) is 4.12. The summed E-state index contributed by atoms with van der Waals surface area (Å²) in [6.45, 7) is 8.00. The van der Waals surface area contributed by atoms with Crippen LogP contribution in [0.25, 0.3) is 0 Å². The maximum atomic E-state index is 10.8. The Labute approximate surface area is 111 Å². The number of carbonyl (C=O) groups is 1. The lowest BCUT2D eigenvalue weighted by atomic mass is 10.4. The van der Waals surface area contributed by atoms with E-state index in [0.29, 0.717) is 10.8 Å².